The van der Waals surface area contributed by atoms with E-state index in [0.717, 1.165) is 5.56 Å². The fourth-order valence-corrected chi connectivity index (χ4v) is 5.10. The maximum Gasteiger partial charge on any atom is 0.341 e. The van der Waals surface area contributed by atoms with Crippen molar-refractivity contribution < 1.29 is 28.3 Å². The Morgan fingerprint density at radius 1 is 1.00 bits per heavy atom. The number of carbonyl (C=O) groups excluding carboxylic acids is 2. The number of ether oxygens (including phenoxy) is 1. The third-order valence-electron chi connectivity index (χ3n) is 7.43. The molecule has 0 saturated heterocycles. The molecule has 0 saturated carbocycles. The van der Waals surface area contributed by atoms with Gasteiger partial charge in [-0.05, 0) is 74.2 Å². The summed E-state index contributed by atoms with van der Waals surface area (Å²) in [5.41, 5.74) is 1.53. The standard InChI is InChI=1S/C28H48O6Si2/c1-19(29)15-14-16-22(30)17-21-18-23(33-35(10,11)27(3,4)5)20(2)25(24(21)26(31)32-9)34-36(12,13)28(6,7)8/h14,16,18-19,29H,15,17H2,1-13H3/b16-14+/t19-/m0/s1. The van der Waals surface area contributed by atoms with Crippen LogP contribution in [0.4, 0.5) is 0 Å². The zero-order chi connectivity index (χ0) is 28.3. The van der Waals surface area contributed by atoms with E-state index >= 15 is 0 Å². The molecule has 0 amide bonds. The molecule has 1 aromatic carbocycles. The van der Waals surface area contributed by atoms with Gasteiger partial charge in [0.2, 0.25) is 8.32 Å². The van der Waals surface area contributed by atoms with E-state index in [1.807, 2.05) is 6.92 Å². The summed E-state index contributed by atoms with van der Waals surface area (Å²) >= 11 is 0. The summed E-state index contributed by atoms with van der Waals surface area (Å²) in [6, 6.07) is 1.81. The Balaban J connectivity index is 3.85. The first-order valence-electron chi connectivity index (χ1n) is 12.6. The number of aliphatic hydroxyl groups excluding tert-OH is 1. The highest BCUT2D eigenvalue weighted by atomic mass is 28.4. The number of rotatable bonds is 10. The smallest absolute Gasteiger partial charge is 0.341 e. The minimum Gasteiger partial charge on any atom is -0.543 e. The number of aliphatic hydroxyl groups is 1. The monoisotopic (exact) mass is 536 g/mol. The lowest BCUT2D eigenvalue weighted by Crippen LogP contribution is -2.45. The van der Waals surface area contributed by atoms with E-state index < -0.39 is 28.7 Å². The van der Waals surface area contributed by atoms with Crippen LogP contribution in [-0.4, -0.2) is 46.7 Å². The van der Waals surface area contributed by atoms with Crippen molar-refractivity contribution in [3.05, 3.63) is 34.9 Å². The number of benzene rings is 1. The highest BCUT2D eigenvalue weighted by Gasteiger charge is 2.42. The summed E-state index contributed by atoms with van der Waals surface area (Å²) < 4.78 is 18.6. The Bertz CT molecular complexity index is 979. The van der Waals surface area contributed by atoms with Crippen molar-refractivity contribution in [1.29, 1.82) is 0 Å². The second kappa shape index (κ2) is 11.6. The first kappa shape index (κ1) is 32.1. The number of carbonyl (C=O) groups is 2. The summed E-state index contributed by atoms with van der Waals surface area (Å²) in [6.45, 7) is 25.1. The van der Waals surface area contributed by atoms with Crippen LogP contribution in [0.2, 0.25) is 36.3 Å². The van der Waals surface area contributed by atoms with Crippen molar-refractivity contribution >= 4 is 28.4 Å². The van der Waals surface area contributed by atoms with Crippen LogP contribution in [0.15, 0.2) is 18.2 Å². The lowest BCUT2D eigenvalue weighted by molar-refractivity contribution is -0.114. The van der Waals surface area contributed by atoms with Gasteiger partial charge in [0.15, 0.2) is 5.78 Å². The molecular formula is C28H48O6Si2. The topological polar surface area (TPSA) is 82.1 Å². The number of hydrogen-bond donors (Lipinski definition) is 1. The molecule has 1 atom stereocenters. The van der Waals surface area contributed by atoms with Crippen LogP contribution < -0.4 is 8.85 Å². The molecule has 8 heteroatoms. The second-order valence-electron chi connectivity index (χ2n) is 12.7. The lowest BCUT2D eigenvalue weighted by atomic mass is 9.97. The van der Waals surface area contributed by atoms with Gasteiger partial charge in [0.25, 0.3) is 8.32 Å². The number of methoxy groups -OCH3 is 1. The first-order chi connectivity index (χ1) is 16.1. The van der Waals surface area contributed by atoms with Crippen molar-refractivity contribution in [3.8, 4) is 11.5 Å². The Morgan fingerprint density at radius 3 is 1.94 bits per heavy atom. The maximum absolute atomic E-state index is 13.1. The zero-order valence-electron chi connectivity index (χ0n) is 24.7. The summed E-state index contributed by atoms with van der Waals surface area (Å²) in [4.78, 5) is 26.0. The van der Waals surface area contributed by atoms with Crippen LogP contribution in [0.5, 0.6) is 11.5 Å². The first-order valence-corrected chi connectivity index (χ1v) is 18.5. The summed E-state index contributed by atoms with van der Waals surface area (Å²) in [7, 11) is -3.26. The third-order valence-corrected chi connectivity index (χ3v) is 16.1. The fourth-order valence-electron chi connectivity index (χ4n) is 2.96. The molecule has 0 fully saturated rings. The van der Waals surface area contributed by atoms with E-state index in [-0.39, 0.29) is 27.8 Å². The Hall–Kier alpha value is -1.91. The average Bonchev–Trinajstić information content (AvgIpc) is 2.68. The summed E-state index contributed by atoms with van der Waals surface area (Å²) in [6.07, 6.45) is 2.94. The van der Waals surface area contributed by atoms with Crippen LogP contribution >= 0.6 is 0 Å². The lowest BCUT2D eigenvalue weighted by Gasteiger charge is -2.39. The predicted molar refractivity (Wildman–Crippen MR) is 152 cm³/mol. The number of allylic oxidation sites excluding steroid dienone is 1. The molecule has 0 aliphatic carbocycles. The Kier molecular flexibility index (Phi) is 10.4. The van der Waals surface area contributed by atoms with Gasteiger partial charge in [-0.25, -0.2) is 4.79 Å². The molecule has 0 aliphatic rings. The van der Waals surface area contributed by atoms with Gasteiger partial charge in [0.05, 0.1) is 13.2 Å². The van der Waals surface area contributed by atoms with Crippen molar-refractivity contribution in [1.82, 2.24) is 0 Å². The highest BCUT2D eigenvalue weighted by molar-refractivity contribution is 6.75. The molecule has 6 nitrogen and oxygen atoms in total. The number of esters is 1. The minimum absolute atomic E-state index is 0.0112. The highest BCUT2D eigenvalue weighted by Crippen LogP contribution is 2.45. The predicted octanol–water partition coefficient (Wildman–Crippen LogP) is 6.99. The number of ketones is 1. The summed E-state index contributed by atoms with van der Waals surface area (Å²) in [5, 5.41) is 9.36. The van der Waals surface area contributed by atoms with Gasteiger partial charge in [0.1, 0.15) is 17.1 Å². The molecule has 1 aromatic rings. The zero-order valence-corrected chi connectivity index (χ0v) is 26.7. The summed E-state index contributed by atoms with van der Waals surface area (Å²) in [5.74, 6) is 0.363. The van der Waals surface area contributed by atoms with Crippen molar-refractivity contribution in [3.63, 3.8) is 0 Å². The molecule has 1 N–H and O–H groups in total. The van der Waals surface area contributed by atoms with Crippen LogP contribution in [0.25, 0.3) is 0 Å². The molecule has 0 aromatic heterocycles. The van der Waals surface area contributed by atoms with Crippen LogP contribution in [0.1, 0.15) is 76.4 Å². The third kappa shape index (κ3) is 8.05. The molecule has 0 unspecified atom stereocenters. The normalized spacial score (nSPS) is 14.1. The SMILES string of the molecule is COC(=O)c1c(CC(=O)/C=C/C[C@H](C)O)cc(O[Si](C)(C)C(C)(C)C)c(C)c1O[Si](C)(C)C(C)(C)C. The van der Waals surface area contributed by atoms with Gasteiger partial charge in [-0.1, -0.05) is 47.6 Å². The van der Waals surface area contributed by atoms with Gasteiger partial charge in [-0.3, -0.25) is 4.79 Å². The van der Waals surface area contributed by atoms with Crippen LogP contribution in [-0.2, 0) is 16.0 Å². The average molecular weight is 537 g/mol. The van der Waals surface area contributed by atoms with E-state index in [1.54, 1.807) is 19.1 Å². The fraction of sp³-hybridized carbons (Fsp3) is 0.643. The van der Waals surface area contributed by atoms with Gasteiger partial charge >= 0.3 is 5.97 Å². The molecule has 0 aliphatic heterocycles. The molecule has 204 valence electrons. The minimum atomic E-state index is -2.36. The van der Waals surface area contributed by atoms with Crippen LogP contribution in [0.3, 0.4) is 0 Å². The molecule has 1 rings (SSSR count). The second-order valence-corrected chi connectivity index (χ2v) is 22.2. The van der Waals surface area contributed by atoms with E-state index in [2.05, 4.69) is 67.7 Å². The molecule has 0 radical (unpaired) electrons. The molecular weight excluding hydrogens is 488 g/mol. The van der Waals surface area contributed by atoms with Gasteiger partial charge in [-0.15, -0.1) is 0 Å². The Labute approximate surface area is 220 Å². The maximum atomic E-state index is 13.1. The largest absolute Gasteiger partial charge is 0.543 e. The van der Waals surface area contributed by atoms with Crippen molar-refractivity contribution in [2.45, 2.75) is 111 Å². The van der Waals surface area contributed by atoms with Crippen LogP contribution in [0, 0.1) is 6.92 Å². The molecule has 36 heavy (non-hydrogen) atoms. The van der Waals surface area contributed by atoms with Crippen molar-refractivity contribution in [2.24, 2.45) is 0 Å². The van der Waals surface area contributed by atoms with E-state index in [9.17, 15) is 14.7 Å². The van der Waals surface area contributed by atoms with Gasteiger partial charge in [0, 0.05) is 12.0 Å². The number of hydrogen-bond acceptors (Lipinski definition) is 6. The van der Waals surface area contributed by atoms with E-state index in [4.69, 9.17) is 13.6 Å². The quantitative estimate of drug-likeness (QED) is 0.197. The van der Waals surface area contributed by atoms with Crippen molar-refractivity contribution in [2.75, 3.05) is 7.11 Å². The van der Waals surface area contributed by atoms with Gasteiger partial charge in [-0.2, -0.15) is 0 Å². The molecule has 0 heterocycles. The molecule has 0 spiro atoms. The van der Waals surface area contributed by atoms with E-state index in [1.165, 1.54) is 13.2 Å². The Morgan fingerprint density at radius 2 is 1.50 bits per heavy atom. The van der Waals surface area contributed by atoms with E-state index in [0.29, 0.717) is 23.5 Å². The van der Waals surface area contributed by atoms with Gasteiger partial charge < -0.3 is 18.7 Å². The molecule has 0 bridgehead atoms.